The summed E-state index contributed by atoms with van der Waals surface area (Å²) in [6, 6.07) is 0. The van der Waals surface area contributed by atoms with Crippen LogP contribution in [0.5, 0.6) is 0 Å². The van der Waals surface area contributed by atoms with E-state index < -0.39 is 30.6 Å². The maximum absolute atomic E-state index is 12.6. The number of cyclic esters (lactones) is 1. The highest BCUT2D eigenvalue weighted by atomic mass is 28.4. The maximum Gasteiger partial charge on any atom is 0.340 e. The molecule has 0 radical (unpaired) electrons. The molecule has 1 saturated heterocycles. The van der Waals surface area contributed by atoms with Crippen LogP contribution in [-0.4, -0.2) is 55.8 Å². The number of hydrogen-bond donors (Lipinski definition) is 0. The highest BCUT2D eigenvalue weighted by Crippen LogP contribution is 2.36. The minimum absolute atomic E-state index is 0.278. The normalized spacial score (nSPS) is 26.5. The molecule has 0 saturated carbocycles. The number of ether oxygens (including phenoxy) is 1. The number of carbonyl (C=O) groups excluding carboxylic acids is 1. The van der Waals surface area contributed by atoms with E-state index in [0.29, 0.717) is 13.0 Å². The molecule has 1 fully saturated rings. The molecule has 0 aromatic rings. The van der Waals surface area contributed by atoms with Crippen LogP contribution in [0.15, 0.2) is 0 Å². The van der Waals surface area contributed by atoms with E-state index in [9.17, 15) is 4.79 Å². The summed E-state index contributed by atoms with van der Waals surface area (Å²) in [7, 11) is -5.42. The molecule has 1 aliphatic rings. The lowest BCUT2D eigenvalue weighted by molar-refractivity contribution is -0.154. The molecule has 1 aliphatic heterocycles. The Labute approximate surface area is 144 Å². The summed E-state index contributed by atoms with van der Waals surface area (Å²) in [5.41, 5.74) is -1.01. The second-order valence-electron chi connectivity index (χ2n) is 9.13. The fourth-order valence-electron chi connectivity index (χ4n) is 2.57. The van der Waals surface area contributed by atoms with Crippen LogP contribution >= 0.6 is 0 Å². The summed E-state index contributed by atoms with van der Waals surface area (Å²) in [6.45, 7) is 19.8. The predicted octanol–water partition coefficient (Wildman–Crippen LogP) is 3.60. The molecule has 0 aromatic carbocycles. The van der Waals surface area contributed by atoms with Crippen LogP contribution in [0.2, 0.25) is 58.9 Å². The van der Waals surface area contributed by atoms with Gasteiger partial charge in [-0.1, -0.05) is 0 Å². The van der Waals surface area contributed by atoms with Crippen LogP contribution in [-0.2, 0) is 22.8 Å². The fraction of sp³-hybridized carbons (Fsp3) is 0.933. The number of carbonyl (C=O) groups is 1. The van der Waals surface area contributed by atoms with Crippen LogP contribution in [0.1, 0.15) is 6.42 Å². The van der Waals surface area contributed by atoms with Gasteiger partial charge in [-0.25, -0.2) is 4.79 Å². The first kappa shape index (κ1) is 21.0. The van der Waals surface area contributed by atoms with E-state index in [1.165, 1.54) is 0 Å². The Kier molecular flexibility index (Phi) is 6.48. The van der Waals surface area contributed by atoms with Gasteiger partial charge < -0.3 is 18.0 Å². The lowest BCUT2D eigenvalue weighted by Crippen LogP contribution is -2.56. The molecule has 1 heterocycles. The summed E-state index contributed by atoms with van der Waals surface area (Å²) < 4.78 is 24.0. The van der Waals surface area contributed by atoms with Gasteiger partial charge in [0.2, 0.25) is 0 Å². The van der Waals surface area contributed by atoms with E-state index in [0.717, 1.165) is 0 Å². The third kappa shape index (κ3) is 6.79. The second kappa shape index (κ2) is 7.09. The van der Waals surface area contributed by atoms with Gasteiger partial charge in [-0.2, -0.15) is 0 Å². The molecule has 0 bridgehead atoms. The average Bonchev–Trinajstić information content (AvgIpc) is 2.52. The van der Waals surface area contributed by atoms with Gasteiger partial charge in [0.15, 0.2) is 30.6 Å². The SMILES string of the molecule is C[Si](C)(C)OCC[C@]1(O[Si](C)(C)C)C(=O)OC[C@@H]1O[Si](C)(C)C. The fourth-order valence-corrected chi connectivity index (χ4v) is 5.81. The smallest absolute Gasteiger partial charge is 0.340 e. The Morgan fingerprint density at radius 2 is 1.57 bits per heavy atom. The minimum atomic E-state index is -1.96. The van der Waals surface area contributed by atoms with Crippen LogP contribution in [0.4, 0.5) is 0 Å². The molecule has 0 aliphatic carbocycles. The van der Waals surface area contributed by atoms with E-state index in [2.05, 4.69) is 58.9 Å². The molecule has 0 aromatic heterocycles. The summed E-state index contributed by atoms with van der Waals surface area (Å²) in [5, 5.41) is 0. The number of esters is 1. The van der Waals surface area contributed by atoms with Crippen molar-refractivity contribution in [2.24, 2.45) is 0 Å². The zero-order valence-corrected chi connectivity index (χ0v) is 19.2. The van der Waals surface area contributed by atoms with Crippen molar-refractivity contribution in [3.8, 4) is 0 Å². The standard InChI is InChI=1S/C15H34O5Si3/c1-21(2,3)18-11-10-15(20-23(7,8)9)13(12-17-14(15)16)19-22(4,5)6/h13H,10-12H2,1-9H3/t13-,15+/m0/s1. The van der Waals surface area contributed by atoms with Crippen LogP contribution in [0, 0.1) is 0 Å². The Morgan fingerprint density at radius 1 is 1.00 bits per heavy atom. The molecule has 0 spiro atoms. The van der Waals surface area contributed by atoms with Gasteiger partial charge in [0.05, 0.1) is 0 Å². The lowest BCUT2D eigenvalue weighted by Gasteiger charge is -2.39. The minimum Gasteiger partial charge on any atom is -0.461 e. The molecule has 136 valence electrons. The van der Waals surface area contributed by atoms with Crippen LogP contribution < -0.4 is 0 Å². The molecular formula is C15H34O5Si3. The van der Waals surface area contributed by atoms with Crippen molar-refractivity contribution in [3.05, 3.63) is 0 Å². The van der Waals surface area contributed by atoms with Gasteiger partial charge >= 0.3 is 5.97 Å². The highest BCUT2D eigenvalue weighted by molar-refractivity contribution is 6.70. The first-order chi connectivity index (χ1) is 10.1. The van der Waals surface area contributed by atoms with Gasteiger partial charge in [-0.3, -0.25) is 0 Å². The van der Waals surface area contributed by atoms with Crippen molar-refractivity contribution < 1.29 is 22.8 Å². The van der Waals surface area contributed by atoms with Crippen molar-refractivity contribution in [2.75, 3.05) is 13.2 Å². The third-order valence-electron chi connectivity index (χ3n) is 3.22. The van der Waals surface area contributed by atoms with E-state index in [-0.39, 0.29) is 18.7 Å². The molecule has 0 amide bonds. The van der Waals surface area contributed by atoms with Gasteiger partial charge in [0.1, 0.15) is 12.7 Å². The Hall–Kier alpha value is 0.000649. The van der Waals surface area contributed by atoms with Gasteiger partial charge in [0, 0.05) is 13.0 Å². The Bertz CT molecular complexity index is 422. The first-order valence-electron chi connectivity index (χ1n) is 8.34. The molecule has 1 rings (SSSR count). The molecule has 0 N–H and O–H groups in total. The summed E-state index contributed by atoms with van der Waals surface area (Å²) in [6.07, 6.45) is 0.161. The van der Waals surface area contributed by atoms with Crippen molar-refractivity contribution in [1.82, 2.24) is 0 Å². The lowest BCUT2D eigenvalue weighted by atomic mass is 9.96. The maximum atomic E-state index is 12.6. The van der Waals surface area contributed by atoms with Crippen molar-refractivity contribution in [1.29, 1.82) is 0 Å². The highest BCUT2D eigenvalue weighted by Gasteiger charge is 2.57. The molecule has 2 atom stereocenters. The molecule has 5 nitrogen and oxygen atoms in total. The van der Waals surface area contributed by atoms with Gasteiger partial charge in [0.25, 0.3) is 0 Å². The monoisotopic (exact) mass is 378 g/mol. The van der Waals surface area contributed by atoms with E-state index >= 15 is 0 Å². The van der Waals surface area contributed by atoms with Crippen LogP contribution in [0.3, 0.4) is 0 Å². The molecule has 23 heavy (non-hydrogen) atoms. The predicted molar refractivity (Wildman–Crippen MR) is 100 cm³/mol. The van der Waals surface area contributed by atoms with Crippen molar-refractivity contribution in [3.63, 3.8) is 0 Å². The van der Waals surface area contributed by atoms with Gasteiger partial charge in [-0.15, -0.1) is 0 Å². The van der Waals surface area contributed by atoms with Crippen molar-refractivity contribution in [2.45, 2.75) is 77.0 Å². The van der Waals surface area contributed by atoms with E-state index in [4.69, 9.17) is 18.0 Å². The average molecular weight is 379 g/mol. The summed E-state index contributed by atoms with van der Waals surface area (Å²) in [4.78, 5) is 12.6. The Balaban J connectivity index is 3.02. The number of rotatable bonds is 8. The number of hydrogen-bond acceptors (Lipinski definition) is 5. The molecule has 8 heteroatoms. The molecule has 0 unspecified atom stereocenters. The quantitative estimate of drug-likeness (QED) is 0.477. The van der Waals surface area contributed by atoms with Gasteiger partial charge in [-0.05, 0) is 58.9 Å². The summed E-state index contributed by atoms with van der Waals surface area (Å²) >= 11 is 0. The topological polar surface area (TPSA) is 54.0 Å². The zero-order chi connectivity index (χ0) is 18.1. The molecular weight excluding hydrogens is 344 g/mol. The first-order valence-corrected chi connectivity index (χ1v) is 18.6. The Morgan fingerprint density at radius 3 is 2.00 bits per heavy atom. The van der Waals surface area contributed by atoms with Crippen LogP contribution in [0.25, 0.3) is 0 Å². The summed E-state index contributed by atoms with van der Waals surface area (Å²) in [5.74, 6) is -0.289. The second-order valence-corrected chi connectivity index (χ2v) is 22.5. The largest absolute Gasteiger partial charge is 0.461 e. The van der Waals surface area contributed by atoms with Crippen molar-refractivity contribution >= 4 is 30.9 Å². The van der Waals surface area contributed by atoms with E-state index in [1.807, 2.05) is 0 Å². The third-order valence-corrected chi connectivity index (χ3v) is 6.26. The zero-order valence-electron chi connectivity index (χ0n) is 16.2. The van der Waals surface area contributed by atoms with E-state index in [1.54, 1.807) is 0 Å².